The van der Waals surface area contributed by atoms with Crippen molar-refractivity contribution >= 4 is 38.9 Å². The number of aryl methyl sites for hydroxylation is 1. The second-order valence-corrected chi connectivity index (χ2v) is 17.4. The van der Waals surface area contributed by atoms with Gasteiger partial charge in [0, 0.05) is 73.8 Å². The number of aromatic nitrogens is 6. The number of hydrogen-bond donors (Lipinski definition) is 3. The zero-order chi connectivity index (χ0) is 42.6. The Morgan fingerprint density at radius 2 is 1.52 bits per heavy atom. The average molecular weight is 881 g/mol. The van der Waals surface area contributed by atoms with Gasteiger partial charge in [0.05, 0.1) is 40.3 Å². The number of aromatic amines is 2. The third-order valence-electron chi connectivity index (χ3n) is 10.8. The minimum atomic E-state index is -0.740. The fourth-order valence-corrected chi connectivity index (χ4v) is 7.85. The van der Waals surface area contributed by atoms with Crippen LogP contribution in [0.1, 0.15) is 101 Å². The predicted octanol–water partition coefficient (Wildman–Crippen LogP) is 8.10. The predicted molar refractivity (Wildman–Crippen MR) is 232 cm³/mol. The number of piperidine rings is 1. The molecule has 5 aromatic heterocycles. The Bertz CT molecular complexity index is 2310. The molecule has 5 aromatic rings. The van der Waals surface area contributed by atoms with Gasteiger partial charge in [0.1, 0.15) is 28.8 Å². The number of carbonyl (C=O) groups is 2. The smallest absolute Gasteiger partial charge is 0.255 e. The molecule has 60 heavy (non-hydrogen) atoms. The molecule has 3 aliphatic rings. The highest BCUT2D eigenvalue weighted by molar-refractivity contribution is 9.10. The molecule has 0 spiro atoms. The van der Waals surface area contributed by atoms with E-state index >= 15 is 0 Å². The lowest BCUT2D eigenvalue weighted by molar-refractivity contribution is -0.137. The molecule has 0 bridgehead atoms. The van der Waals surface area contributed by atoms with Crippen molar-refractivity contribution < 1.29 is 19.1 Å². The van der Waals surface area contributed by atoms with E-state index < -0.39 is 17.4 Å². The summed E-state index contributed by atoms with van der Waals surface area (Å²) in [4.78, 5) is 62.8. The molecule has 3 N–H and O–H groups in total. The van der Waals surface area contributed by atoms with E-state index in [1.54, 1.807) is 35.9 Å². The number of nitrogens with one attached hydrogen (secondary N) is 3. The summed E-state index contributed by atoms with van der Waals surface area (Å²) < 4.78 is 12.7. The van der Waals surface area contributed by atoms with Gasteiger partial charge < -0.3 is 29.7 Å². The SMILES string of the molecule is CC(C)(C)[C@@H](NC(=O)c1c[nH]c2ncc(-c3cc(OC4CCCC4)ccn3)nc12)C(=O)N1CCC(C#N)CC1.Cc1cc(OC2CCCC2)ccn1.O=c1cc[nH]c(Br)c1. The summed E-state index contributed by atoms with van der Waals surface area (Å²) in [5.74, 6) is 1.15. The molecule has 2 aliphatic carbocycles. The maximum absolute atomic E-state index is 13.5. The lowest BCUT2D eigenvalue weighted by atomic mass is 9.85. The van der Waals surface area contributed by atoms with Gasteiger partial charge in [-0.25, -0.2) is 9.97 Å². The summed E-state index contributed by atoms with van der Waals surface area (Å²) in [5, 5.41) is 12.2. The first kappa shape index (κ1) is 43.9. The molecule has 14 nitrogen and oxygen atoms in total. The van der Waals surface area contributed by atoms with Crippen molar-refractivity contribution in [3.63, 3.8) is 0 Å². The van der Waals surface area contributed by atoms with Crippen molar-refractivity contribution in [2.45, 2.75) is 110 Å². The fraction of sp³-hybridized carbons (Fsp3) is 0.467. The first-order chi connectivity index (χ1) is 28.9. The Balaban J connectivity index is 0.000000232. The number of pyridine rings is 3. The van der Waals surface area contributed by atoms with Gasteiger partial charge in [-0.05, 0) is 105 Å². The molecule has 316 valence electrons. The van der Waals surface area contributed by atoms with Crippen LogP contribution in [0.15, 0.2) is 76.8 Å². The van der Waals surface area contributed by atoms with Crippen LogP contribution < -0.4 is 20.2 Å². The normalized spacial score (nSPS) is 16.5. The van der Waals surface area contributed by atoms with Crippen molar-refractivity contribution in [1.82, 2.24) is 40.1 Å². The molecule has 3 fully saturated rings. The van der Waals surface area contributed by atoms with Crippen molar-refractivity contribution in [3.05, 3.63) is 93.5 Å². The third-order valence-corrected chi connectivity index (χ3v) is 11.3. The number of amides is 2. The van der Waals surface area contributed by atoms with Gasteiger partial charge in [0.2, 0.25) is 5.91 Å². The first-order valence-corrected chi connectivity index (χ1v) is 21.6. The molecular weight excluding hydrogens is 826 g/mol. The van der Waals surface area contributed by atoms with Crippen LogP contribution in [0.25, 0.3) is 22.6 Å². The number of halogens is 1. The number of hydrogen-bond acceptors (Lipinski definition) is 10. The number of fused-ring (bicyclic) bond motifs is 1. The van der Waals surface area contributed by atoms with Gasteiger partial charge in [-0.2, -0.15) is 5.26 Å². The molecular formula is C45H54BrN9O5. The van der Waals surface area contributed by atoms with E-state index in [0.717, 1.165) is 30.0 Å². The standard InChI is InChI=1S/C29H35N7O3.C11H15NO.C5H4BrNO/c1-29(2,3)25(28(38)36-12-9-18(15-30)10-13-36)35-27(37)21-16-32-26-24(21)34-23(17-33-26)22-14-20(8-11-31-22)39-19-6-4-5-7-19;1-9-8-11(6-7-12-9)13-10-4-2-3-5-10;6-5-3-4(8)1-2-7-5/h8,11,14,16-19,25H,4-7,9-10,12-13H2,1-3H3,(H,32,33)(H,35,37);6-8,10H,2-5H2,1H3;1-3H,(H,7,8)/t25-;;/m0../s1. The minimum Gasteiger partial charge on any atom is -0.490 e. The highest BCUT2D eigenvalue weighted by Crippen LogP contribution is 2.29. The summed E-state index contributed by atoms with van der Waals surface area (Å²) in [5.41, 5.74) is 2.83. The average Bonchev–Trinajstić information content (AvgIpc) is 4.03. The molecule has 0 aromatic carbocycles. The van der Waals surface area contributed by atoms with Crippen LogP contribution in [0.5, 0.6) is 11.5 Å². The van der Waals surface area contributed by atoms with Crippen LogP contribution in [0.3, 0.4) is 0 Å². The molecule has 1 aliphatic heterocycles. The monoisotopic (exact) mass is 879 g/mol. The topological polar surface area (TPSA) is 192 Å². The van der Waals surface area contributed by atoms with Crippen LogP contribution in [-0.2, 0) is 4.79 Å². The largest absolute Gasteiger partial charge is 0.490 e. The molecule has 6 heterocycles. The molecule has 1 atom stereocenters. The number of nitrogens with zero attached hydrogens (tertiary/aromatic N) is 6. The third kappa shape index (κ3) is 12.2. The zero-order valence-electron chi connectivity index (χ0n) is 34.7. The Labute approximate surface area is 359 Å². The van der Waals surface area contributed by atoms with Crippen LogP contribution in [0.2, 0.25) is 0 Å². The lowest BCUT2D eigenvalue weighted by Gasteiger charge is -2.37. The number of ether oxygens (including phenoxy) is 2. The molecule has 15 heteroatoms. The summed E-state index contributed by atoms with van der Waals surface area (Å²) in [7, 11) is 0. The molecule has 1 saturated heterocycles. The lowest BCUT2D eigenvalue weighted by Crippen LogP contribution is -2.56. The summed E-state index contributed by atoms with van der Waals surface area (Å²) >= 11 is 3.11. The number of likely N-dealkylation sites (tertiary alicyclic amines) is 1. The maximum Gasteiger partial charge on any atom is 0.255 e. The Morgan fingerprint density at radius 1 is 0.883 bits per heavy atom. The Morgan fingerprint density at radius 3 is 2.08 bits per heavy atom. The highest BCUT2D eigenvalue weighted by Gasteiger charge is 2.37. The number of carbonyl (C=O) groups excluding carboxylic acids is 2. The first-order valence-electron chi connectivity index (χ1n) is 20.8. The second-order valence-electron chi connectivity index (χ2n) is 16.6. The van der Waals surface area contributed by atoms with Crippen LogP contribution in [0, 0.1) is 29.6 Å². The summed E-state index contributed by atoms with van der Waals surface area (Å²) in [6.07, 6.45) is 19.8. The maximum atomic E-state index is 13.5. The van der Waals surface area contributed by atoms with E-state index in [4.69, 9.17) is 14.5 Å². The summed E-state index contributed by atoms with van der Waals surface area (Å²) in [6.45, 7) is 8.80. The van der Waals surface area contributed by atoms with E-state index in [2.05, 4.69) is 52.2 Å². The van der Waals surface area contributed by atoms with Gasteiger partial charge in [-0.15, -0.1) is 0 Å². The Kier molecular flexibility index (Phi) is 15.1. The van der Waals surface area contributed by atoms with E-state index in [9.17, 15) is 19.6 Å². The van der Waals surface area contributed by atoms with Gasteiger partial charge in [0.25, 0.3) is 5.91 Å². The second kappa shape index (κ2) is 20.6. The number of nitriles is 1. The summed E-state index contributed by atoms with van der Waals surface area (Å²) in [6, 6.07) is 12.1. The van der Waals surface area contributed by atoms with Gasteiger partial charge >= 0.3 is 0 Å². The van der Waals surface area contributed by atoms with Crippen LogP contribution in [-0.4, -0.2) is 78.0 Å². The highest BCUT2D eigenvalue weighted by atomic mass is 79.9. The molecule has 0 radical (unpaired) electrons. The van der Waals surface area contributed by atoms with Gasteiger partial charge in [-0.3, -0.25) is 24.4 Å². The zero-order valence-corrected chi connectivity index (χ0v) is 36.3. The van der Waals surface area contributed by atoms with Crippen LogP contribution in [0.4, 0.5) is 0 Å². The fourth-order valence-electron chi connectivity index (χ4n) is 7.49. The van der Waals surface area contributed by atoms with Crippen LogP contribution >= 0.6 is 15.9 Å². The minimum absolute atomic E-state index is 0.00984. The van der Waals surface area contributed by atoms with Gasteiger partial charge in [0.15, 0.2) is 11.1 Å². The molecule has 2 saturated carbocycles. The van der Waals surface area contributed by atoms with E-state index in [-0.39, 0.29) is 23.4 Å². The number of H-pyrrole nitrogens is 2. The Hall–Kier alpha value is -5.62. The quantitative estimate of drug-likeness (QED) is 0.128. The van der Waals surface area contributed by atoms with Crippen molar-refractivity contribution in [2.24, 2.45) is 11.3 Å². The van der Waals surface area contributed by atoms with E-state index in [0.29, 0.717) is 64.8 Å². The van der Waals surface area contributed by atoms with E-state index in [1.807, 2.05) is 52.0 Å². The molecule has 2 amide bonds. The number of rotatable bonds is 8. The molecule has 8 rings (SSSR count). The van der Waals surface area contributed by atoms with Gasteiger partial charge in [-0.1, -0.05) is 20.8 Å². The van der Waals surface area contributed by atoms with Crippen molar-refractivity contribution in [2.75, 3.05) is 13.1 Å². The van der Waals surface area contributed by atoms with E-state index in [1.165, 1.54) is 50.7 Å². The molecule has 0 unspecified atom stereocenters. The van der Waals surface area contributed by atoms with Crippen molar-refractivity contribution in [1.29, 1.82) is 5.26 Å². The van der Waals surface area contributed by atoms with Crippen molar-refractivity contribution in [3.8, 4) is 29.0 Å².